The maximum atomic E-state index is 11.4. The molecule has 0 radical (unpaired) electrons. The van der Waals surface area contributed by atoms with Gasteiger partial charge in [-0.1, -0.05) is 11.3 Å². The molecule has 3 N–H and O–H groups in total. The Morgan fingerprint density at radius 2 is 2.19 bits per heavy atom. The lowest BCUT2D eigenvalue weighted by Crippen LogP contribution is -2.11. The molecule has 26 heavy (non-hydrogen) atoms. The van der Waals surface area contributed by atoms with E-state index in [0.29, 0.717) is 28.4 Å². The topological polar surface area (TPSA) is 129 Å². The second-order valence-electron chi connectivity index (χ2n) is 5.53. The lowest BCUT2D eigenvalue weighted by atomic mass is 10.2. The first-order valence-corrected chi connectivity index (χ1v) is 7.92. The highest BCUT2D eigenvalue weighted by Gasteiger charge is 2.12. The summed E-state index contributed by atoms with van der Waals surface area (Å²) in [6.45, 7) is 2.78. The molecule has 0 aliphatic heterocycles. The van der Waals surface area contributed by atoms with Crippen LogP contribution in [0.4, 0.5) is 11.6 Å². The number of hydrogen-bond donors (Lipinski definition) is 2. The third kappa shape index (κ3) is 2.83. The van der Waals surface area contributed by atoms with Crippen molar-refractivity contribution in [1.29, 1.82) is 0 Å². The first-order chi connectivity index (χ1) is 12.6. The molecule has 0 bridgehead atoms. The largest absolute Gasteiger partial charge is 0.366 e. The fourth-order valence-electron chi connectivity index (χ4n) is 2.48. The van der Waals surface area contributed by atoms with Crippen LogP contribution >= 0.6 is 0 Å². The Bertz CT molecular complexity index is 1100. The Kier molecular flexibility index (Phi) is 3.77. The number of aromatic nitrogens is 7. The SMILES string of the molecule is CCn1cc(Nc2ncc3nnn(-c4cccc(C(N)=O)c4)c3n2)cn1. The van der Waals surface area contributed by atoms with E-state index >= 15 is 0 Å². The second kappa shape index (κ2) is 6.24. The zero-order valence-electron chi connectivity index (χ0n) is 13.9. The van der Waals surface area contributed by atoms with E-state index < -0.39 is 5.91 Å². The summed E-state index contributed by atoms with van der Waals surface area (Å²) in [4.78, 5) is 20.1. The Balaban J connectivity index is 1.72. The lowest BCUT2D eigenvalue weighted by Gasteiger charge is -2.05. The number of fused-ring (bicyclic) bond motifs is 1. The van der Waals surface area contributed by atoms with Crippen molar-refractivity contribution in [2.75, 3.05) is 5.32 Å². The molecule has 0 saturated heterocycles. The molecule has 0 aliphatic carbocycles. The highest BCUT2D eigenvalue weighted by Crippen LogP contribution is 2.18. The molecule has 3 aromatic heterocycles. The van der Waals surface area contributed by atoms with Gasteiger partial charge in [-0.2, -0.15) is 14.8 Å². The number of nitrogens with two attached hydrogens (primary N) is 1. The Morgan fingerprint density at radius 1 is 1.31 bits per heavy atom. The Labute approximate surface area is 147 Å². The molecule has 0 spiro atoms. The van der Waals surface area contributed by atoms with E-state index in [9.17, 15) is 4.79 Å². The number of nitrogens with one attached hydrogen (secondary N) is 1. The molecule has 0 atom stereocenters. The van der Waals surface area contributed by atoms with Crippen molar-refractivity contribution in [3.8, 4) is 5.69 Å². The predicted octanol–water partition coefficient (Wildman–Crippen LogP) is 1.27. The van der Waals surface area contributed by atoms with Crippen LogP contribution in [0.2, 0.25) is 0 Å². The van der Waals surface area contributed by atoms with Gasteiger partial charge in [0.1, 0.15) is 0 Å². The number of carbonyl (C=O) groups is 1. The summed E-state index contributed by atoms with van der Waals surface area (Å²) < 4.78 is 3.33. The summed E-state index contributed by atoms with van der Waals surface area (Å²) in [6.07, 6.45) is 5.14. The second-order valence-corrected chi connectivity index (χ2v) is 5.53. The molecular formula is C16H15N9O. The van der Waals surface area contributed by atoms with E-state index in [1.165, 1.54) is 4.68 Å². The van der Waals surface area contributed by atoms with Crippen molar-refractivity contribution in [2.24, 2.45) is 5.73 Å². The van der Waals surface area contributed by atoms with Gasteiger partial charge in [0.05, 0.1) is 23.8 Å². The minimum atomic E-state index is -0.513. The Morgan fingerprint density at radius 3 is 2.96 bits per heavy atom. The summed E-state index contributed by atoms with van der Waals surface area (Å²) in [6, 6.07) is 6.79. The van der Waals surface area contributed by atoms with E-state index in [1.807, 2.05) is 13.1 Å². The van der Waals surface area contributed by atoms with E-state index in [4.69, 9.17) is 5.73 Å². The van der Waals surface area contributed by atoms with Gasteiger partial charge in [0.25, 0.3) is 0 Å². The first-order valence-electron chi connectivity index (χ1n) is 7.92. The molecule has 0 unspecified atom stereocenters. The van der Waals surface area contributed by atoms with E-state index in [2.05, 4.69) is 30.7 Å². The lowest BCUT2D eigenvalue weighted by molar-refractivity contribution is 0.1000. The Hall–Kier alpha value is -3.82. The molecule has 3 heterocycles. The van der Waals surface area contributed by atoms with Crippen LogP contribution in [-0.2, 0) is 6.54 Å². The number of carbonyl (C=O) groups excluding carboxylic acids is 1. The van der Waals surface area contributed by atoms with Gasteiger partial charge in [-0.05, 0) is 25.1 Å². The highest BCUT2D eigenvalue weighted by atomic mass is 16.1. The van der Waals surface area contributed by atoms with Gasteiger partial charge >= 0.3 is 0 Å². The summed E-state index contributed by atoms with van der Waals surface area (Å²) in [5.41, 5.74) is 8.17. The summed E-state index contributed by atoms with van der Waals surface area (Å²) in [5, 5.41) is 15.5. The summed E-state index contributed by atoms with van der Waals surface area (Å²) >= 11 is 0. The minimum absolute atomic E-state index is 0.380. The van der Waals surface area contributed by atoms with Crippen molar-refractivity contribution >= 4 is 28.7 Å². The van der Waals surface area contributed by atoms with Crippen molar-refractivity contribution in [2.45, 2.75) is 13.5 Å². The average molecular weight is 349 g/mol. The van der Waals surface area contributed by atoms with Crippen LogP contribution in [-0.4, -0.2) is 40.6 Å². The number of aryl methyl sites for hydroxylation is 1. The molecule has 1 amide bonds. The van der Waals surface area contributed by atoms with Crippen LogP contribution < -0.4 is 11.1 Å². The number of hydrogen-bond acceptors (Lipinski definition) is 7. The number of nitrogens with zero attached hydrogens (tertiary/aromatic N) is 7. The zero-order valence-corrected chi connectivity index (χ0v) is 13.9. The fourth-order valence-corrected chi connectivity index (χ4v) is 2.48. The third-order valence-corrected chi connectivity index (χ3v) is 3.78. The number of rotatable bonds is 5. The minimum Gasteiger partial charge on any atom is -0.366 e. The maximum Gasteiger partial charge on any atom is 0.248 e. The quantitative estimate of drug-likeness (QED) is 0.555. The van der Waals surface area contributed by atoms with E-state index in [-0.39, 0.29) is 0 Å². The van der Waals surface area contributed by atoms with Crippen LogP contribution in [0.1, 0.15) is 17.3 Å². The molecule has 130 valence electrons. The normalized spacial score (nSPS) is 11.0. The predicted molar refractivity (Wildman–Crippen MR) is 94.2 cm³/mol. The van der Waals surface area contributed by atoms with Gasteiger partial charge in [-0.3, -0.25) is 9.48 Å². The van der Waals surface area contributed by atoms with Gasteiger partial charge in [0.2, 0.25) is 11.9 Å². The van der Waals surface area contributed by atoms with Crippen LogP contribution in [0.5, 0.6) is 0 Å². The monoisotopic (exact) mass is 349 g/mol. The van der Waals surface area contributed by atoms with Crippen LogP contribution in [0.3, 0.4) is 0 Å². The smallest absolute Gasteiger partial charge is 0.248 e. The van der Waals surface area contributed by atoms with E-state index in [1.54, 1.807) is 41.3 Å². The molecule has 4 rings (SSSR count). The molecule has 0 aliphatic rings. The molecule has 10 heteroatoms. The molecule has 1 aromatic carbocycles. The van der Waals surface area contributed by atoms with Crippen molar-refractivity contribution in [3.63, 3.8) is 0 Å². The standard InChI is InChI=1S/C16H15N9O/c1-2-24-9-11(7-19-24)20-16-18-8-13-15(21-16)25(23-22-13)12-5-3-4-10(6-12)14(17)26/h3-9H,2H2,1H3,(H2,17,26)(H,18,20,21). The molecule has 4 aromatic rings. The van der Waals surface area contributed by atoms with Crippen molar-refractivity contribution in [1.82, 2.24) is 34.7 Å². The van der Waals surface area contributed by atoms with Gasteiger partial charge in [0.15, 0.2) is 11.2 Å². The van der Waals surface area contributed by atoms with Crippen LogP contribution in [0, 0.1) is 0 Å². The summed E-state index contributed by atoms with van der Waals surface area (Å²) in [5.74, 6) is -0.121. The fraction of sp³-hybridized carbons (Fsp3) is 0.125. The maximum absolute atomic E-state index is 11.4. The van der Waals surface area contributed by atoms with Gasteiger partial charge in [-0.25, -0.2) is 4.98 Å². The van der Waals surface area contributed by atoms with Gasteiger partial charge in [-0.15, -0.1) is 5.10 Å². The van der Waals surface area contributed by atoms with Gasteiger partial charge in [0, 0.05) is 18.3 Å². The highest BCUT2D eigenvalue weighted by molar-refractivity contribution is 5.93. The number of benzene rings is 1. The number of anilines is 2. The average Bonchev–Trinajstić information content (AvgIpc) is 3.28. The van der Waals surface area contributed by atoms with Gasteiger partial charge < -0.3 is 11.1 Å². The molecule has 0 saturated carbocycles. The third-order valence-electron chi connectivity index (χ3n) is 3.78. The first kappa shape index (κ1) is 15.7. The van der Waals surface area contributed by atoms with Crippen molar-refractivity contribution in [3.05, 3.63) is 48.4 Å². The number of amides is 1. The van der Waals surface area contributed by atoms with Crippen molar-refractivity contribution < 1.29 is 4.79 Å². The van der Waals surface area contributed by atoms with E-state index in [0.717, 1.165) is 12.2 Å². The van der Waals surface area contributed by atoms with Crippen LogP contribution in [0.25, 0.3) is 16.9 Å². The number of primary amides is 1. The molecule has 10 nitrogen and oxygen atoms in total. The molecular weight excluding hydrogens is 334 g/mol. The molecule has 0 fully saturated rings. The summed E-state index contributed by atoms with van der Waals surface area (Å²) in [7, 11) is 0. The van der Waals surface area contributed by atoms with Crippen LogP contribution in [0.15, 0.2) is 42.9 Å². The zero-order chi connectivity index (χ0) is 18.1.